The van der Waals surface area contributed by atoms with E-state index in [0.29, 0.717) is 22.5 Å². The van der Waals surface area contributed by atoms with Crippen LogP contribution in [0.2, 0.25) is 10.0 Å². The van der Waals surface area contributed by atoms with Gasteiger partial charge in [-0.2, -0.15) is 0 Å². The highest BCUT2D eigenvalue weighted by Gasteiger charge is 2.37. The molecule has 32 heavy (non-hydrogen) atoms. The summed E-state index contributed by atoms with van der Waals surface area (Å²) in [6.45, 7) is 5.53. The fourth-order valence-electron chi connectivity index (χ4n) is 5.15. The maximum absolute atomic E-state index is 13.5. The number of benzene rings is 1. The van der Waals surface area contributed by atoms with Crippen LogP contribution in [0.25, 0.3) is 11.3 Å². The zero-order valence-electron chi connectivity index (χ0n) is 19.1. The minimum atomic E-state index is -0.471. The first-order valence-corrected chi connectivity index (χ1v) is 12.7. The maximum Gasteiger partial charge on any atom is 0.240 e. The number of hydrogen-bond donors (Lipinski definition) is 1. The van der Waals surface area contributed by atoms with Crippen LogP contribution in [-0.4, -0.2) is 32.9 Å². The molecule has 2 heterocycles. The van der Waals surface area contributed by atoms with Gasteiger partial charge >= 0.3 is 0 Å². The third kappa shape index (κ3) is 5.00. The van der Waals surface area contributed by atoms with E-state index in [0.717, 1.165) is 36.5 Å². The van der Waals surface area contributed by atoms with Gasteiger partial charge in [0.2, 0.25) is 5.91 Å². The van der Waals surface area contributed by atoms with E-state index in [2.05, 4.69) is 24.6 Å². The van der Waals surface area contributed by atoms with Gasteiger partial charge in [0.15, 0.2) is 0 Å². The molecule has 0 unspecified atom stereocenters. The van der Waals surface area contributed by atoms with Gasteiger partial charge in [0.05, 0.1) is 17.8 Å². The second-order valence-corrected chi connectivity index (χ2v) is 10.4. The van der Waals surface area contributed by atoms with Crippen molar-refractivity contribution in [3.8, 4) is 11.3 Å². The van der Waals surface area contributed by atoms with Crippen LogP contribution in [0.15, 0.2) is 24.4 Å². The van der Waals surface area contributed by atoms with Crippen LogP contribution in [0.5, 0.6) is 0 Å². The van der Waals surface area contributed by atoms with Crippen LogP contribution >= 0.6 is 23.2 Å². The lowest BCUT2D eigenvalue weighted by atomic mass is 9.83. The van der Waals surface area contributed by atoms with Crippen LogP contribution in [0.4, 0.5) is 0 Å². The average molecular weight is 477 g/mol. The lowest BCUT2D eigenvalue weighted by molar-refractivity contribution is -0.138. The molecule has 0 bridgehead atoms. The Balaban J connectivity index is 1.68. The van der Waals surface area contributed by atoms with Gasteiger partial charge in [-0.3, -0.25) is 4.79 Å². The highest BCUT2D eigenvalue weighted by atomic mass is 35.5. The van der Waals surface area contributed by atoms with Crippen molar-refractivity contribution in [2.45, 2.75) is 77.4 Å². The monoisotopic (exact) mass is 476 g/mol. The molecule has 2 aromatic rings. The summed E-state index contributed by atoms with van der Waals surface area (Å²) in [7, 11) is 0. The minimum Gasteiger partial charge on any atom is -0.331 e. The van der Waals surface area contributed by atoms with Crippen LogP contribution < -0.4 is 5.73 Å². The number of amides is 1. The topological polar surface area (TPSA) is 64.2 Å². The van der Waals surface area contributed by atoms with E-state index in [9.17, 15) is 4.79 Å². The number of hydrogen-bond acceptors (Lipinski definition) is 3. The Kier molecular flexibility index (Phi) is 7.48. The van der Waals surface area contributed by atoms with Gasteiger partial charge in [0, 0.05) is 34.9 Å². The first-order chi connectivity index (χ1) is 15.4. The Bertz CT molecular complexity index is 933. The molecule has 7 heteroatoms. The first kappa shape index (κ1) is 23.6. The van der Waals surface area contributed by atoms with Crippen LogP contribution in [-0.2, 0) is 11.3 Å². The van der Waals surface area contributed by atoms with Gasteiger partial charge in [-0.05, 0) is 36.5 Å². The van der Waals surface area contributed by atoms with E-state index in [1.807, 2.05) is 17.0 Å². The van der Waals surface area contributed by atoms with Gasteiger partial charge in [-0.15, -0.1) is 0 Å². The smallest absolute Gasteiger partial charge is 0.240 e. The number of nitrogens with two attached hydrogens (primary N) is 1. The van der Waals surface area contributed by atoms with Gasteiger partial charge in [0.1, 0.15) is 5.82 Å². The summed E-state index contributed by atoms with van der Waals surface area (Å²) in [5, 5.41) is 1.18. The Morgan fingerprint density at radius 2 is 1.84 bits per heavy atom. The number of nitrogens with zero attached hydrogens (tertiary/aromatic N) is 3. The summed E-state index contributed by atoms with van der Waals surface area (Å²) in [4.78, 5) is 20.5. The summed E-state index contributed by atoms with van der Waals surface area (Å²) < 4.78 is 2.20. The molecule has 1 aliphatic heterocycles. The van der Waals surface area contributed by atoms with Gasteiger partial charge in [-0.1, -0.05) is 75.6 Å². The van der Waals surface area contributed by atoms with Crippen molar-refractivity contribution in [1.82, 2.24) is 14.5 Å². The van der Waals surface area contributed by atoms with Crippen molar-refractivity contribution in [3.63, 3.8) is 0 Å². The quantitative estimate of drug-likeness (QED) is 0.548. The van der Waals surface area contributed by atoms with Crippen molar-refractivity contribution in [3.05, 3.63) is 40.3 Å². The van der Waals surface area contributed by atoms with E-state index < -0.39 is 6.04 Å². The second-order valence-electron chi connectivity index (χ2n) is 9.53. The number of aromatic nitrogens is 2. The van der Waals surface area contributed by atoms with Crippen molar-refractivity contribution >= 4 is 29.1 Å². The molecule has 1 aromatic heterocycles. The summed E-state index contributed by atoms with van der Waals surface area (Å²) in [6, 6.07) is 4.99. The summed E-state index contributed by atoms with van der Waals surface area (Å²) in [6.07, 6.45) is 10.2. The van der Waals surface area contributed by atoms with Gasteiger partial charge < -0.3 is 15.2 Å². The molecular formula is C25H34Cl2N4O. The molecule has 1 amide bonds. The first-order valence-electron chi connectivity index (χ1n) is 12.0. The Morgan fingerprint density at radius 3 is 2.50 bits per heavy atom. The zero-order valence-corrected chi connectivity index (χ0v) is 20.6. The lowest BCUT2D eigenvalue weighted by Crippen LogP contribution is -2.51. The van der Waals surface area contributed by atoms with E-state index >= 15 is 0 Å². The Labute approximate surface area is 201 Å². The van der Waals surface area contributed by atoms with Crippen molar-refractivity contribution in [2.24, 2.45) is 17.6 Å². The average Bonchev–Trinajstić information content (AvgIpc) is 3.23. The van der Waals surface area contributed by atoms with Crippen LogP contribution in [0, 0.1) is 11.8 Å². The molecule has 1 aromatic carbocycles. The molecule has 2 N–H and O–H groups in total. The van der Waals surface area contributed by atoms with E-state index in [4.69, 9.17) is 33.9 Å². The van der Waals surface area contributed by atoms with E-state index in [1.165, 1.54) is 32.1 Å². The van der Waals surface area contributed by atoms with Gasteiger partial charge in [0.25, 0.3) is 0 Å². The van der Waals surface area contributed by atoms with Crippen LogP contribution in [0.3, 0.4) is 0 Å². The Morgan fingerprint density at radius 1 is 1.16 bits per heavy atom. The van der Waals surface area contributed by atoms with Crippen molar-refractivity contribution in [1.29, 1.82) is 0 Å². The zero-order chi connectivity index (χ0) is 22.8. The molecule has 0 saturated heterocycles. The summed E-state index contributed by atoms with van der Waals surface area (Å²) in [5.41, 5.74) is 8.14. The third-order valence-electron chi connectivity index (χ3n) is 7.33. The SMILES string of the molecule is CC[C@H](C)[C@H](N)C(=O)N1CCn2cc(-c3cc(Cl)cc(Cl)c3)nc2[C@@H]1CC1CCCCC1. The number of imidazole rings is 1. The number of carbonyl (C=O) groups excluding carboxylic acids is 1. The molecule has 1 saturated carbocycles. The third-order valence-corrected chi connectivity index (χ3v) is 7.76. The van der Waals surface area contributed by atoms with Gasteiger partial charge in [-0.25, -0.2) is 4.98 Å². The predicted octanol–water partition coefficient (Wildman–Crippen LogP) is 6.08. The summed E-state index contributed by atoms with van der Waals surface area (Å²) >= 11 is 12.5. The largest absolute Gasteiger partial charge is 0.331 e. The normalized spacial score (nSPS) is 21.3. The molecule has 1 aliphatic carbocycles. The lowest BCUT2D eigenvalue weighted by Gasteiger charge is -2.40. The highest BCUT2D eigenvalue weighted by Crippen LogP contribution is 2.38. The van der Waals surface area contributed by atoms with Crippen molar-refractivity contribution in [2.75, 3.05) is 6.54 Å². The number of carbonyl (C=O) groups is 1. The van der Waals surface area contributed by atoms with Crippen molar-refractivity contribution < 1.29 is 4.79 Å². The standard InChI is InChI=1S/C25H34Cl2N4O/c1-3-16(2)23(28)25(32)31-10-9-30-15-21(18-12-19(26)14-20(27)13-18)29-24(30)22(31)11-17-7-5-4-6-8-17/h12-17,22-23H,3-11,28H2,1-2H3/t16-,22-,23-/m0/s1. The number of fused-ring (bicyclic) bond motifs is 1. The fourth-order valence-corrected chi connectivity index (χ4v) is 5.68. The van der Waals surface area contributed by atoms with E-state index in [1.54, 1.807) is 6.07 Å². The molecule has 5 nitrogen and oxygen atoms in total. The van der Waals surface area contributed by atoms with Crippen LogP contribution in [0.1, 0.15) is 70.7 Å². The fraction of sp³-hybridized carbons (Fsp3) is 0.600. The maximum atomic E-state index is 13.5. The number of halogens is 2. The Hall–Kier alpha value is -1.56. The molecule has 4 rings (SSSR count). The second kappa shape index (κ2) is 10.1. The molecule has 174 valence electrons. The molecule has 2 aliphatic rings. The molecule has 1 fully saturated rings. The summed E-state index contributed by atoms with van der Waals surface area (Å²) in [5.74, 6) is 1.79. The highest BCUT2D eigenvalue weighted by molar-refractivity contribution is 6.35. The molecule has 3 atom stereocenters. The van der Waals surface area contributed by atoms with E-state index in [-0.39, 0.29) is 17.9 Å². The minimum absolute atomic E-state index is 0.0436. The predicted molar refractivity (Wildman–Crippen MR) is 131 cm³/mol. The molecule has 0 radical (unpaired) electrons. The molecule has 0 spiro atoms. The molecular weight excluding hydrogens is 443 g/mol. The number of rotatable bonds is 6.